The summed E-state index contributed by atoms with van der Waals surface area (Å²) >= 11 is 0. The largest absolute Gasteiger partial charge is 0.286 e. The predicted octanol–water partition coefficient (Wildman–Crippen LogP) is 8.02. The van der Waals surface area contributed by atoms with E-state index in [9.17, 15) is 52.8 Å². The summed E-state index contributed by atoms with van der Waals surface area (Å²) in [5, 5.41) is 12.3. The van der Waals surface area contributed by atoms with Crippen molar-refractivity contribution >= 4 is 54.8 Å². The zero-order valence-electron chi connectivity index (χ0n) is 39.5. The monoisotopic (exact) mass is 1060 g/mol. The van der Waals surface area contributed by atoms with Crippen LogP contribution in [0.2, 0.25) is 0 Å². The number of amides is 2. The molecule has 22 heteroatoms. The average molecular weight is 1060 g/mol. The molecule has 3 fully saturated rings. The van der Waals surface area contributed by atoms with Crippen molar-refractivity contribution in [2.24, 2.45) is 11.8 Å². The third-order valence-electron chi connectivity index (χ3n) is 13.8. The van der Waals surface area contributed by atoms with Crippen LogP contribution in [0, 0.1) is 46.7 Å². The van der Waals surface area contributed by atoms with Crippen LogP contribution in [0.1, 0.15) is 93.1 Å². The molecule has 74 heavy (non-hydrogen) atoms. The smallest absolute Gasteiger partial charge is 0.283 e. The molecule has 2 amide bonds. The highest BCUT2D eigenvalue weighted by molar-refractivity contribution is 7.91. The number of piperidine rings is 1. The number of nitrogens with zero attached hydrogens (tertiary/aromatic N) is 6. The second kappa shape index (κ2) is 20.4. The van der Waals surface area contributed by atoms with Gasteiger partial charge in [-0.25, -0.2) is 62.6 Å². The average Bonchev–Trinajstić information content (AvgIpc) is 4.13. The predicted molar refractivity (Wildman–Crippen MR) is 263 cm³/mol. The normalized spacial score (nSPS) is 21.1. The van der Waals surface area contributed by atoms with E-state index >= 15 is 0 Å². The lowest BCUT2D eigenvalue weighted by Crippen LogP contribution is -2.45. The fourth-order valence-electron chi connectivity index (χ4n) is 10.5. The Kier molecular flexibility index (Phi) is 14.0. The fourth-order valence-corrected chi connectivity index (χ4v) is 13.5. The minimum Gasteiger partial charge on any atom is -0.283 e. The summed E-state index contributed by atoms with van der Waals surface area (Å²) in [4.78, 5) is 26.7. The van der Waals surface area contributed by atoms with Crippen molar-refractivity contribution in [1.82, 2.24) is 40.4 Å². The van der Waals surface area contributed by atoms with Crippen LogP contribution < -0.4 is 10.9 Å². The van der Waals surface area contributed by atoms with Gasteiger partial charge in [-0.2, -0.15) is 10.2 Å². The number of carbonyl (C=O) groups is 2. The topological polar surface area (TPSA) is 169 Å². The first-order chi connectivity index (χ1) is 35.4. The SMILES string of the molecule is O=C(NN1CC2CCCC2C1)c1nn(-c2ccc(F)cc2F)c2c1CS(=O)(=O)C/C2=C\c1ccc(F)cc1.O=C(NN1CCCCC1)c1nn(-c2ccc(F)cc2F)c2c1CS(=O)(=O)C/C2=C\c1ccc(F)cc1. The standard InChI is InChI=1S/C27H25F3N4O3S.C25H23F3N4O3S/c28-20-6-4-16(5-7-20)10-19-14-38(36,37)15-22-25(27(35)32-33-12-17-2-1-3-18(17)13-33)31-34(26(19)22)24-9-8-21(29)11-23(24)30;26-18-6-4-16(5-7-18)12-17-14-36(34,35)15-20-23(25(33)30-31-10-2-1-3-11-31)29-32(24(17)20)22-9-8-19(27)13-21(22)28/h4-11,17-18H,1-3,12-15H2,(H,32,35);4-9,12-13H,1-3,10-11,14-15H2,(H,30,33)/b19-10+;17-12+. The van der Waals surface area contributed by atoms with Crippen molar-refractivity contribution in [3.05, 3.63) is 165 Å². The van der Waals surface area contributed by atoms with Crippen LogP contribution >= 0.6 is 0 Å². The third kappa shape index (κ3) is 10.8. The Balaban J connectivity index is 0.000000170. The molecule has 1 aliphatic carbocycles. The molecule has 5 aliphatic rings. The molecule has 14 nitrogen and oxygen atoms in total. The number of carbonyl (C=O) groups excluding carboxylic acids is 2. The Labute approximate surface area is 422 Å². The van der Waals surface area contributed by atoms with Gasteiger partial charge in [-0.15, -0.1) is 0 Å². The Bertz CT molecular complexity index is 3470. The number of hydrogen-bond donors (Lipinski definition) is 2. The quantitative estimate of drug-likeness (QED) is 0.143. The van der Waals surface area contributed by atoms with Crippen LogP contribution in [-0.2, 0) is 31.2 Å². The Morgan fingerprint density at radius 1 is 0.514 bits per heavy atom. The molecular weight excluding hydrogens is 1010 g/mol. The molecular formula is C52H48F6N8O6S2. The molecule has 4 aromatic carbocycles. The number of sulfone groups is 2. The lowest BCUT2D eigenvalue weighted by Gasteiger charge is -2.26. The first-order valence-corrected chi connectivity index (χ1v) is 27.6. The van der Waals surface area contributed by atoms with Gasteiger partial charge in [0.1, 0.15) is 34.6 Å². The lowest BCUT2D eigenvalue weighted by atomic mass is 10.0. The van der Waals surface area contributed by atoms with Gasteiger partial charge in [0.15, 0.2) is 42.7 Å². The lowest BCUT2D eigenvalue weighted by molar-refractivity contribution is 0.0742. The van der Waals surface area contributed by atoms with Gasteiger partial charge in [0, 0.05) is 49.4 Å². The number of hydrazine groups is 2. The summed E-state index contributed by atoms with van der Waals surface area (Å²) < 4.78 is 138. The van der Waals surface area contributed by atoms with Crippen LogP contribution in [0.25, 0.3) is 34.7 Å². The van der Waals surface area contributed by atoms with E-state index in [2.05, 4.69) is 21.0 Å². The van der Waals surface area contributed by atoms with E-state index in [4.69, 9.17) is 0 Å². The Hall–Kier alpha value is -6.88. The van der Waals surface area contributed by atoms with E-state index in [0.717, 1.165) is 48.9 Å². The highest BCUT2D eigenvalue weighted by Gasteiger charge is 2.40. The second-order valence-corrected chi connectivity index (χ2v) is 23.3. The number of rotatable bonds is 8. The number of aromatic nitrogens is 4. The van der Waals surface area contributed by atoms with E-state index in [-0.39, 0.29) is 67.9 Å². The van der Waals surface area contributed by atoms with Crippen molar-refractivity contribution in [3.8, 4) is 11.4 Å². The first-order valence-electron chi connectivity index (χ1n) is 24.0. The van der Waals surface area contributed by atoms with Crippen LogP contribution in [-0.4, -0.2) is 95.9 Å². The first kappa shape index (κ1) is 50.6. The van der Waals surface area contributed by atoms with Gasteiger partial charge in [0.05, 0.1) is 34.4 Å². The van der Waals surface area contributed by atoms with E-state index in [1.54, 1.807) is 17.2 Å². The summed E-state index contributed by atoms with van der Waals surface area (Å²) in [6, 6.07) is 16.8. The minimum absolute atomic E-state index is 0.123. The highest BCUT2D eigenvalue weighted by Crippen LogP contribution is 2.39. The molecule has 0 radical (unpaired) electrons. The molecule has 0 bridgehead atoms. The summed E-state index contributed by atoms with van der Waals surface area (Å²) in [6.45, 7) is 2.71. The van der Waals surface area contributed by atoms with Crippen molar-refractivity contribution < 1.29 is 52.8 Å². The molecule has 386 valence electrons. The molecule has 2 unspecified atom stereocenters. The zero-order chi connectivity index (χ0) is 52.1. The van der Waals surface area contributed by atoms with Crippen molar-refractivity contribution in [2.75, 3.05) is 37.7 Å². The fraction of sp³-hybridized carbons (Fsp3) is 0.308. The van der Waals surface area contributed by atoms with E-state index in [1.807, 2.05) is 5.01 Å². The number of halogens is 6. The van der Waals surface area contributed by atoms with Crippen molar-refractivity contribution in [3.63, 3.8) is 0 Å². The van der Waals surface area contributed by atoms with Crippen molar-refractivity contribution in [1.29, 1.82) is 0 Å². The van der Waals surface area contributed by atoms with Gasteiger partial charge in [0.2, 0.25) is 0 Å². The molecule has 2 aromatic heterocycles. The van der Waals surface area contributed by atoms with Crippen LogP contribution in [0.4, 0.5) is 26.3 Å². The van der Waals surface area contributed by atoms with Gasteiger partial charge in [-0.1, -0.05) is 37.1 Å². The summed E-state index contributed by atoms with van der Waals surface area (Å²) in [6.07, 6.45) is 9.37. The van der Waals surface area contributed by atoms with Gasteiger partial charge in [-0.3, -0.25) is 20.4 Å². The minimum atomic E-state index is -3.70. The van der Waals surface area contributed by atoms with E-state index in [1.165, 1.54) is 71.8 Å². The number of nitrogens with one attached hydrogen (secondary N) is 2. The maximum Gasteiger partial charge on any atom is 0.286 e. The van der Waals surface area contributed by atoms with Gasteiger partial charge < -0.3 is 0 Å². The third-order valence-corrected chi connectivity index (χ3v) is 16.7. The summed E-state index contributed by atoms with van der Waals surface area (Å²) in [7, 11) is -7.39. The maximum atomic E-state index is 14.9. The second-order valence-electron chi connectivity index (χ2n) is 19.2. The summed E-state index contributed by atoms with van der Waals surface area (Å²) in [5.74, 6) is -6.16. The molecule has 2 atom stereocenters. The molecule has 1 saturated carbocycles. The van der Waals surface area contributed by atoms with Gasteiger partial charge in [0.25, 0.3) is 11.8 Å². The van der Waals surface area contributed by atoms with E-state index < -0.39 is 77.9 Å². The number of fused-ring (bicyclic) bond motifs is 3. The van der Waals surface area contributed by atoms with Crippen LogP contribution in [0.15, 0.2) is 84.9 Å². The van der Waals surface area contributed by atoms with Crippen LogP contribution in [0.3, 0.4) is 0 Å². The highest BCUT2D eigenvalue weighted by atomic mass is 32.2. The molecule has 0 spiro atoms. The van der Waals surface area contributed by atoms with E-state index in [0.29, 0.717) is 61.3 Å². The molecule has 2 N–H and O–H groups in total. The zero-order valence-corrected chi connectivity index (χ0v) is 41.1. The molecule has 4 aliphatic heterocycles. The maximum absolute atomic E-state index is 14.9. The molecule has 11 rings (SSSR count). The van der Waals surface area contributed by atoms with Gasteiger partial charge in [-0.05, 0) is 120 Å². The molecule has 6 aromatic rings. The van der Waals surface area contributed by atoms with Crippen LogP contribution in [0.5, 0.6) is 0 Å². The summed E-state index contributed by atoms with van der Waals surface area (Å²) in [5.41, 5.74) is 7.45. The molecule has 2 saturated heterocycles. The molecule has 6 heterocycles. The van der Waals surface area contributed by atoms with Crippen molar-refractivity contribution in [2.45, 2.75) is 50.0 Å². The number of benzene rings is 4. The Morgan fingerprint density at radius 2 is 0.919 bits per heavy atom. The Morgan fingerprint density at radius 3 is 1.34 bits per heavy atom. The van der Waals surface area contributed by atoms with Gasteiger partial charge >= 0.3 is 0 Å². The number of hydrogen-bond acceptors (Lipinski definition) is 10.